The summed E-state index contributed by atoms with van der Waals surface area (Å²) in [5.74, 6) is 0. The molecule has 0 saturated heterocycles. The van der Waals surface area contributed by atoms with Gasteiger partial charge in [0.05, 0.1) is 5.60 Å². The molecule has 3 heteroatoms. The lowest BCUT2D eigenvalue weighted by molar-refractivity contribution is -0.111. The molecular formula is C10H20O2Si. The molecular weight excluding hydrogens is 180 g/mol. The molecule has 1 atom stereocenters. The van der Waals surface area contributed by atoms with Gasteiger partial charge in [-0.25, -0.2) is 0 Å². The first-order valence-electron chi connectivity index (χ1n) is 4.58. The standard InChI is InChI=1S/C10H20O2Si/c1-6-7-10(2,8-9-11)12-13(3,4)5/h6,9H,1,7-8H2,2-5H3/t10-/m0/s1. The van der Waals surface area contributed by atoms with Crippen LogP contribution in [0.25, 0.3) is 0 Å². The first-order chi connectivity index (χ1) is 5.83. The highest BCUT2D eigenvalue weighted by atomic mass is 28.4. The number of aldehydes is 1. The third kappa shape index (κ3) is 5.77. The fourth-order valence-corrected chi connectivity index (χ4v) is 3.03. The molecule has 0 bridgehead atoms. The smallest absolute Gasteiger partial charge is 0.184 e. The SMILES string of the molecule is C=CC[C@@](C)(CC=O)O[Si](C)(C)C. The van der Waals surface area contributed by atoms with Gasteiger partial charge in [-0.15, -0.1) is 6.58 Å². The van der Waals surface area contributed by atoms with Crippen molar-refractivity contribution >= 4 is 14.6 Å². The number of carbonyl (C=O) groups excluding carboxylic acids is 1. The lowest BCUT2D eigenvalue weighted by Crippen LogP contribution is -2.40. The molecule has 0 unspecified atom stereocenters. The minimum Gasteiger partial charge on any atom is -0.412 e. The molecule has 76 valence electrons. The summed E-state index contributed by atoms with van der Waals surface area (Å²) < 4.78 is 5.94. The van der Waals surface area contributed by atoms with Crippen molar-refractivity contribution in [1.82, 2.24) is 0 Å². The van der Waals surface area contributed by atoms with Gasteiger partial charge in [0.1, 0.15) is 6.29 Å². The molecule has 0 amide bonds. The van der Waals surface area contributed by atoms with E-state index in [9.17, 15) is 4.79 Å². The maximum absolute atomic E-state index is 10.5. The summed E-state index contributed by atoms with van der Waals surface area (Å²) in [5, 5.41) is 0. The predicted molar refractivity (Wildman–Crippen MR) is 58.3 cm³/mol. The molecule has 0 N–H and O–H groups in total. The van der Waals surface area contributed by atoms with Gasteiger partial charge in [-0.3, -0.25) is 0 Å². The average molecular weight is 200 g/mol. The zero-order valence-electron chi connectivity index (χ0n) is 9.09. The van der Waals surface area contributed by atoms with Crippen molar-refractivity contribution in [2.45, 2.75) is 45.0 Å². The van der Waals surface area contributed by atoms with E-state index < -0.39 is 8.32 Å². The Kier molecular flexibility index (Phi) is 4.57. The summed E-state index contributed by atoms with van der Waals surface area (Å²) in [6.45, 7) is 12.0. The van der Waals surface area contributed by atoms with E-state index in [1.807, 2.05) is 13.0 Å². The summed E-state index contributed by atoms with van der Waals surface area (Å²) in [7, 11) is -1.57. The van der Waals surface area contributed by atoms with Crippen LogP contribution in [0.2, 0.25) is 19.6 Å². The van der Waals surface area contributed by atoms with E-state index in [-0.39, 0.29) is 5.60 Å². The number of carbonyl (C=O) groups is 1. The third-order valence-corrected chi connectivity index (χ3v) is 2.75. The van der Waals surface area contributed by atoms with E-state index >= 15 is 0 Å². The Balaban J connectivity index is 4.39. The van der Waals surface area contributed by atoms with Crippen LogP contribution in [0.4, 0.5) is 0 Å². The van der Waals surface area contributed by atoms with E-state index in [0.717, 1.165) is 12.7 Å². The third-order valence-electron chi connectivity index (χ3n) is 1.64. The van der Waals surface area contributed by atoms with E-state index in [4.69, 9.17) is 4.43 Å². The summed E-state index contributed by atoms with van der Waals surface area (Å²) in [6.07, 6.45) is 3.91. The highest BCUT2D eigenvalue weighted by Gasteiger charge is 2.29. The molecule has 0 aromatic heterocycles. The Labute approximate surface area is 82.1 Å². The summed E-state index contributed by atoms with van der Waals surface area (Å²) >= 11 is 0. The second-order valence-electron chi connectivity index (χ2n) is 4.53. The molecule has 0 aromatic carbocycles. The Morgan fingerprint density at radius 1 is 1.38 bits per heavy atom. The van der Waals surface area contributed by atoms with E-state index in [2.05, 4.69) is 26.2 Å². The zero-order valence-corrected chi connectivity index (χ0v) is 10.1. The maximum Gasteiger partial charge on any atom is 0.184 e. The summed E-state index contributed by atoms with van der Waals surface area (Å²) in [4.78, 5) is 10.5. The van der Waals surface area contributed by atoms with Gasteiger partial charge in [-0.2, -0.15) is 0 Å². The van der Waals surface area contributed by atoms with Crippen LogP contribution in [0.1, 0.15) is 19.8 Å². The number of rotatable bonds is 6. The van der Waals surface area contributed by atoms with Crippen LogP contribution in [0.3, 0.4) is 0 Å². The van der Waals surface area contributed by atoms with Gasteiger partial charge < -0.3 is 9.22 Å². The molecule has 0 aliphatic rings. The lowest BCUT2D eigenvalue weighted by atomic mass is 9.99. The minimum absolute atomic E-state index is 0.339. The normalized spacial score (nSPS) is 16.3. The fraction of sp³-hybridized carbons (Fsp3) is 0.700. The Morgan fingerprint density at radius 3 is 2.23 bits per heavy atom. The van der Waals surface area contributed by atoms with Crippen molar-refractivity contribution in [3.05, 3.63) is 12.7 Å². The van der Waals surface area contributed by atoms with Crippen LogP contribution in [0, 0.1) is 0 Å². The van der Waals surface area contributed by atoms with Crippen LogP contribution in [-0.2, 0) is 9.22 Å². The van der Waals surface area contributed by atoms with Crippen molar-refractivity contribution < 1.29 is 9.22 Å². The van der Waals surface area contributed by atoms with Crippen LogP contribution in [-0.4, -0.2) is 20.2 Å². The molecule has 13 heavy (non-hydrogen) atoms. The Bertz CT molecular complexity index is 172. The quantitative estimate of drug-likeness (QED) is 0.374. The van der Waals surface area contributed by atoms with Crippen molar-refractivity contribution in [3.8, 4) is 0 Å². The van der Waals surface area contributed by atoms with Crippen molar-refractivity contribution in [2.24, 2.45) is 0 Å². The summed E-state index contributed by atoms with van der Waals surface area (Å²) in [5.41, 5.74) is -0.339. The molecule has 2 nitrogen and oxygen atoms in total. The second kappa shape index (κ2) is 4.72. The monoisotopic (exact) mass is 200 g/mol. The molecule has 0 fully saturated rings. The van der Waals surface area contributed by atoms with Gasteiger partial charge >= 0.3 is 0 Å². The van der Waals surface area contributed by atoms with Gasteiger partial charge in [0.15, 0.2) is 8.32 Å². The Morgan fingerprint density at radius 2 is 1.92 bits per heavy atom. The van der Waals surface area contributed by atoms with Crippen LogP contribution >= 0.6 is 0 Å². The van der Waals surface area contributed by atoms with Gasteiger partial charge in [-0.05, 0) is 33.0 Å². The lowest BCUT2D eigenvalue weighted by Gasteiger charge is -2.34. The number of hydrogen-bond acceptors (Lipinski definition) is 2. The Hall–Kier alpha value is -0.413. The highest BCUT2D eigenvalue weighted by molar-refractivity contribution is 6.69. The van der Waals surface area contributed by atoms with Crippen LogP contribution in [0.15, 0.2) is 12.7 Å². The molecule has 0 aliphatic heterocycles. The zero-order chi connectivity index (χ0) is 10.5. The molecule has 0 heterocycles. The fourth-order valence-electron chi connectivity index (χ4n) is 1.39. The van der Waals surface area contributed by atoms with Gasteiger partial charge in [0.2, 0.25) is 0 Å². The number of hydrogen-bond donors (Lipinski definition) is 0. The average Bonchev–Trinajstić information content (AvgIpc) is 1.82. The van der Waals surface area contributed by atoms with E-state index in [1.165, 1.54) is 0 Å². The second-order valence-corrected chi connectivity index (χ2v) is 8.96. The maximum atomic E-state index is 10.5. The topological polar surface area (TPSA) is 26.3 Å². The largest absolute Gasteiger partial charge is 0.412 e. The molecule has 0 rings (SSSR count). The first-order valence-corrected chi connectivity index (χ1v) is 7.98. The van der Waals surface area contributed by atoms with Gasteiger partial charge in [0.25, 0.3) is 0 Å². The van der Waals surface area contributed by atoms with E-state index in [1.54, 1.807) is 0 Å². The predicted octanol–water partition coefficient (Wildman–Crippen LogP) is 2.76. The van der Waals surface area contributed by atoms with Gasteiger partial charge in [0, 0.05) is 6.42 Å². The van der Waals surface area contributed by atoms with Crippen molar-refractivity contribution in [2.75, 3.05) is 0 Å². The van der Waals surface area contributed by atoms with Crippen molar-refractivity contribution in [3.63, 3.8) is 0 Å². The van der Waals surface area contributed by atoms with Crippen LogP contribution in [0.5, 0.6) is 0 Å². The molecule has 0 aromatic rings. The van der Waals surface area contributed by atoms with Crippen LogP contribution < -0.4 is 0 Å². The summed E-state index contributed by atoms with van der Waals surface area (Å²) in [6, 6.07) is 0. The van der Waals surface area contributed by atoms with Gasteiger partial charge in [-0.1, -0.05) is 6.08 Å². The molecule has 0 radical (unpaired) electrons. The highest BCUT2D eigenvalue weighted by Crippen LogP contribution is 2.24. The molecule has 0 aliphatic carbocycles. The minimum atomic E-state index is -1.57. The molecule has 0 spiro atoms. The van der Waals surface area contributed by atoms with Crippen molar-refractivity contribution in [1.29, 1.82) is 0 Å². The van der Waals surface area contributed by atoms with E-state index in [0.29, 0.717) is 6.42 Å². The molecule has 0 saturated carbocycles. The first kappa shape index (κ1) is 12.6.